The van der Waals surface area contributed by atoms with Crippen molar-refractivity contribution >= 4 is 21.9 Å². The van der Waals surface area contributed by atoms with Crippen LogP contribution in [0, 0.1) is 0 Å². The molecule has 0 saturated carbocycles. The van der Waals surface area contributed by atoms with Gasteiger partial charge in [0.15, 0.2) is 0 Å². The van der Waals surface area contributed by atoms with Crippen molar-refractivity contribution in [1.82, 2.24) is 0 Å². The van der Waals surface area contributed by atoms with E-state index in [1.165, 1.54) is 12.1 Å². The van der Waals surface area contributed by atoms with Gasteiger partial charge in [0.1, 0.15) is 5.75 Å². The number of hydrogen-bond acceptors (Lipinski definition) is 3. The van der Waals surface area contributed by atoms with Crippen LogP contribution in [0.3, 0.4) is 0 Å². The molecule has 0 aliphatic rings. The van der Waals surface area contributed by atoms with Crippen molar-refractivity contribution in [2.45, 2.75) is 26.1 Å². The molecule has 1 rings (SSSR count). The van der Waals surface area contributed by atoms with Gasteiger partial charge in [0.05, 0.1) is 12.2 Å². The molecule has 0 aliphatic heterocycles. The van der Waals surface area contributed by atoms with Gasteiger partial charge in [0, 0.05) is 5.33 Å². The summed E-state index contributed by atoms with van der Waals surface area (Å²) in [5.74, 6) is -1.08. The van der Waals surface area contributed by atoms with E-state index in [1.54, 1.807) is 6.92 Å². The number of hydrogen-bond donors (Lipinski definition) is 0. The van der Waals surface area contributed by atoms with Crippen molar-refractivity contribution in [1.29, 1.82) is 0 Å². The molecule has 0 amide bonds. The lowest BCUT2D eigenvalue weighted by Crippen LogP contribution is -2.18. The van der Waals surface area contributed by atoms with Crippen LogP contribution < -0.4 is 4.74 Å². The van der Waals surface area contributed by atoms with Crippen LogP contribution in [0.4, 0.5) is 13.2 Å². The Morgan fingerprint density at radius 3 is 2.60 bits per heavy atom. The smallest absolute Gasteiger partial charge is 0.462 e. The first-order chi connectivity index (χ1) is 9.37. The zero-order chi connectivity index (χ0) is 15.2. The number of esters is 1. The Morgan fingerprint density at radius 1 is 1.35 bits per heavy atom. The van der Waals surface area contributed by atoms with Crippen LogP contribution in [0.15, 0.2) is 18.2 Å². The first-order valence-electron chi connectivity index (χ1n) is 5.99. The van der Waals surface area contributed by atoms with Crippen molar-refractivity contribution in [3.05, 3.63) is 29.3 Å². The maximum absolute atomic E-state index is 12.2. The molecule has 1 aromatic carbocycles. The first-order valence-corrected chi connectivity index (χ1v) is 7.11. The van der Waals surface area contributed by atoms with Crippen molar-refractivity contribution in [3.63, 3.8) is 0 Å². The number of carbonyl (C=O) groups is 1. The van der Waals surface area contributed by atoms with Gasteiger partial charge in [-0.25, -0.2) is 4.79 Å². The zero-order valence-electron chi connectivity index (χ0n) is 10.8. The highest BCUT2D eigenvalue weighted by molar-refractivity contribution is 9.09. The summed E-state index contributed by atoms with van der Waals surface area (Å²) in [7, 11) is 0. The third-order valence-electron chi connectivity index (χ3n) is 2.39. The summed E-state index contributed by atoms with van der Waals surface area (Å²) in [5.41, 5.74) is 0.743. The summed E-state index contributed by atoms with van der Waals surface area (Å²) >= 11 is 3.26. The van der Waals surface area contributed by atoms with E-state index >= 15 is 0 Å². The topological polar surface area (TPSA) is 35.5 Å². The van der Waals surface area contributed by atoms with E-state index in [4.69, 9.17) is 4.74 Å². The molecular weight excluding hydrogens is 341 g/mol. The molecule has 7 heteroatoms. The van der Waals surface area contributed by atoms with E-state index in [9.17, 15) is 18.0 Å². The number of aryl methyl sites for hydroxylation is 1. The Bertz CT molecular complexity index is 461. The average molecular weight is 355 g/mol. The molecule has 1 aromatic rings. The number of alkyl halides is 4. The number of benzene rings is 1. The third kappa shape index (κ3) is 5.40. The predicted molar refractivity (Wildman–Crippen MR) is 71.2 cm³/mol. The van der Waals surface area contributed by atoms with Crippen molar-refractivity contribution < 1.29 is 27.4 Å². The van der Waals surface area contributed by atoms with E-state index in [0.29, 0.717) is 12.0 Å². The number of ether oxygens (including phenoxy) is 2. The van der Waals surface area contributed by atoms with Crippen LogP contribution in [-0.2, 0) is 11.2 Å². The number of rotatable bonds is 6. The van der Waals surface area contributed by atoms with E-state index < -0.39 is 18.1 Å². The van der Waals surface area contributed by atoms with Crippen LogP contribution in [0.1, 0.15) is 29.3 Å². The van der Waals surface area contributed by atoms with Crippen molar-refractivity contribution in [2.24, 2.45) is 0 Å². The third-order valence-corrected chi connectivity index (χ3v) is 2.95. The fourth-order valence-electron chi connectivity index (χ4n) is 1.63. The molecule has 0 spiro atoms. The van der Waals surface area contributed by atoms with E-state index in [1.807, 2.05) is 0 Å². The van der Waals surface area contributed by atoms with Crippen molar-refractivity contribution in [3.8, 4) is 5.75 Å². The van der Waals surface area contributed by atoms with Crippen LogP contribution in [-0.4, -0.2) is 24.3 Å². The van der Waals surface area contributed by atoms with Gasteiger partial charge in [0.25, 0.3) is 0 Å². The molecule has 0 fully saturated rings. The van der Waals surface area contributed by atoms with Gasteiger partial charge >= 0.3 is 12.3 Å². The minimum absolute atomic E-state index is 0.106. The van der Waals surface area contributed by atoms with Gasteiger partial charge < -0.3 is 9.47 Å². The Hall–Kier alpha value is -1.24. The lowest BCUT2D eigenvalue weighted by atomic mass is 10.0. The summed E-state index contributed by atoms with van der Waals surface area (Å²) in [5, 5.41) is 0.732. The summed E-state index contributed by atoms with van der Waals surface area (Å²) in [6, 6.07) is 3.71. The number of carbonyl (C=O) groups excluding carboxylic acids is 1. The van der Waals surface area contributed by atoms with Gasteiger partial charge in [-0.15, -0.1) is 13.2 Å². The van der Waals surface area contributed by atoms with Gasteiger partial charge in [-0.3, -0.25) is 0 Å². The molecule has 0 atom stereocenters. The normalized spacial score (nSPS) is 11.2. The van der Waals surface area contributed by atoms with Crippen LogP contribution in [0.5, 0.6) is 5.75 Å². The Kier molecular flexibility index (Phi) is 6.32. The van der Waals surface area contributed by atoms with Gasteiger partial charge in [-0.2, -0.15) is 0 Å². The molecule has 0 bridgehead atoms. The highest BCUT2D eigenvalue weighted by Gasteiger charge is 2.31. The highest BCUT2D eigenvalue weighted by Crippen LogP contribution is 2.26. The average Bonchev–Trinajstić information content (AvgIpc) is 2.35. The fraction of sp³-hybridized carbons (Fsp3) is 0.462. The highest BCUT2D eigenvalue weighted by atomic mass is 79.9. The summed E-state index contributed by atoms with van der Waals surface area (Å²) in [4.78, 5) is 11.8. The van der Waals surface area contributed by atoms with Crippen LogP contribution >= 0.6 is 15.9 Å². The van der Waals surface area contributed by atoms with Gasteiger partial charge in [0.2, 0.25) is 0 Å². The summed E-state index contributed by atoms with van der Waals surface area (Å²) in [6.45, 7) is 1.78. The largest absolute Gasteiger partial charge is 0.573 e. The Labute approximate surface area is 123 Å². The van der Waals surface area contributed by atoms with E-state index in [0.717, 1.165) is 17.8 Å². The number of halogens is 4. The quantitative estimate of drug-likeness (QED) is 0.570. The van der Waals surface area contributed by atoms with Crippen LogP contribution in [0.2, 0.25) is 0 Å². The maximum Gasteiger partial charge on any atom is 0.573 e. The van der Waals surface area contributed by atoms with E-state index in [-0.39, 0.29) is 12.2 Å². The molecule has 0 N–H and O–H groups in total. The van der Waals surface area contributed by atoms with Gasteiger partial charge in [-0.05, 0) is 37.5 Å². The summed E-state index contributed by atoms with van der Waals surface area (Å²) < 4.78 is 45.2. The van der Waals surface area contributed by atoms with Crippen LogP contribution in [0.25, 0.3) is 0 Å². The SMILES string of the molecule is CCOC(=O)c1cc(OC(F)(F)F)ccc1CCCBr. The lowest BCUT2D eigenvalue weighted by Gasteiger charge is -2.13. The van der Waals surface area contributed by atoms with E-state index in [2.05, 4.69) is 20.7 Å². The Balaban J connectivity index is 3.04. The predicted octanol–water partition coefficient (Wildman–Crippen LogP) is 4.09. The first kappa shape index (κ1) is 16.8. The second kappa shape index (κ2) is 7.52. The second-order valence-corrected chi connectivity index (χ2v) is 4.67. The summed E-state index contributed by atoms with van der Waals surface area (Å²) in [6.07, 6.45) is -3.47. The second-order valence-electron chi connectivity index (χ2n) is 3.88. The molecule has 112 valence electrons. The molecule has 0 aromatic heterocycles. The fourth-order valence-corrected chi connectivity index (χ4v) is 1.91. The molecule has 0 radical (unpaired) electrons. The molecule has 0 saturated heterocycles. The molecule has 0 heterocycles. The van der Waals surface area contributed by atoms with Crippen molar-refractivity contribution in [2.75, 3.05) is 11.9 Å². The molecule has 0 unspecified atom stereocenters. The molecule has 0 aliphatic carbocycles. The molecule has 20 heavy (non-hydrogen) atoms. The lowest BCUT2D eigenvalue weighted by molar-refractivity contribution is -0.274. The Morgan fingerprint density at radius 2 is 2.05 bits per heavy atom. The minimum Gasteiger partial charge on any atom is -0.462 e. The standard InChI is InChI=1S/C13H14BrF3O3/c1-2-19-12(18)11-8-10(20-13(15,16)17)6-5-9(11)4-3-7-14/h5-6,8H,2-4,7H2,1H3. The van der Waals surface area contributed by atoms with Gasteiger partial charge in [-0.1, -0.05) is 22.0 Å². The molecular formula is C13H14BrF3O3. The molecule has 3 nitrogen and oxygen atoms in total. The zero-order valence-corrected chi connectivity index (χ0v) is 12.4. The monoisotopic (exact) mass is 354 g/mol. The maximum atomic E-state index is 12.2. The minimum atomic E-state index is -4.79.